The monoisotopic (exact) mass is 229 g/mol. The molecule has 0 aromatic carbocycles. The van der Waals surface area contributed by atoms with Crippen molar-refractivity contribution in [3.05, 3.63) is 27.4 Å². The molecule has 0 radical (unpaired) electrons. The number of hydrogen-bond donors (Lipinski definition) is 1. The van der Waals surface area contributed by atoms with E-state index in [4.69, 9.17) is 11.6 Å². The lowest BCUT2D eigenvalue weighted by Crippen LogP contribution is -2.12. The fourth-order valence-corrected chi connectivity index (χ4v) is 1.04. The van der Waals surface area contributed by atoms with Crippen molar-refractivity contribution in [1.82, 2.24) is 4.98 Å². The maximum Gasteiger partial charge on any atom is 0.311 e. The Hall–Kier alpha value is -1.69. The summed E-state index contributed by atoms with van der Waals surface area (Å²) in [6.07, 6.45) is 0.214. The number of nitrogens with one attached hydrogen (secondary N) is 1. The molecule has 0 fully saturated rings. The molecular weight excluding hydrogens is 222 g/mol. The van der Waals surface area contributed by atoms with Crippen molar-refractivity contribution in [2.24, 2.45) is 0 Å². The summed E-state index contributed by atoms with van der Waals surface area (Å²) < 4.78 is 0. The van der Waals surface area contributed by atoms with Gasteiger partial charge in [-0.2, -0.15) is 0 Å². The average molecular weight is 230 g/mol. The Labute approximate surface area is 90.4 Å². The van der Waals surface area contributed by atoms with E-state index in [0.717, 1.165) is 0 Å². The molecule has 6 nitrogen and oxygen atoms in total. The van der Waals surface area contributed by atoms with Gasteiger partial charge in [0.15, 0.2) is 0 Å². The largest absolute Gasteiger partial charge is 0.311 e. The minimum absolute atomic E-state index is 0.0898. The van der Waals surface area contributed by atoms with Crippen LogP contribution < -0.4 is 5.32 Å². The normalized spacial score (nSPS) is 9.73. The molecule has 0 aliphatic rings. The lowest BCUT2D eigenvalue weighted by atomic mass is 10.3. The smallest absolute Gasteiger partial charge is 0.305 e. The van der Waals surface area contributed by atoms with Crippen LogP contribution in [0.15, 0.2) is 12.1 Å². The van der Waals surface area contributed by atoms with Crippen LogP contribution in [0.5, 0.6) is 0 Å². The first kappa shape index (κ1) is 11.4. The van der Waals surface area contributed by atoms with Crippen molar-refractivity contribution in [2.75, 3.05) is 5.32 Å². The van der Waals surface area contributed by atoms with E-state index < -0.39 is 4.92 Å². The summed E-state index contributed by atoms with van der Waals surface area (Å²) in [5, 5.41) is 13.0. The van der Waals surface area contributed by atoms with Gasteiger partial charge in [-0.25, -0.2) is 4.98 Å². The second kappa shape index (κ2) is 4.70. The van der Waals surface area contributed by atoms with Crippen molar-refractivity contribution in [3.8, 4) is 0 Å². The van der Waals surface area contributed by atoms with Crippen LogP contribution in [0.1, 0.15) is 13.3 Å². The standard InChI is InChI=1S/C8H8ClN3O3/c1-2-7(13)11-8-5(12(14)15)3-4-6(9)10-8/h3-4H,2H2,1H3,(H,10,11,13). The second-order valence-corrected chi connectivity index (χ2v) is 3.05. The van der Waals surface area contributed by atoms with Crippen molar-refractivity contribution in [3.63, 3.8) is 0 Å². The van der Waals surface area contributed by atoms with E-state index in [1.807, 2.05) is 0 Å². The molecule has 80 valence electrons. The molecule has 0 spiro atoms. The van der Waals surface area contributed by atoms with Gasteiger partial charge < -0.3 is 5.32 Å². The maximum absolute atomic E-state index is 11.1. The molecule has 1 aromatic rings. The van der Waals surface area contributed by atoms with E-state index in [0.29, 0.717) is 0 Å². The summed E-state index contributed by atoms with van der Waals surface area (Å²) >= 11 is 5.56. The highest BCUT2D eigenvalue weighted by Crippen LogP contribution is 2.23. The number of amides is 1. The highest BCUT2D eigenvalue weighted by Gasteiger charge is 2.16. The first-order valence-corrected chi connectivity index (χ1v) is 4.53. The summed E-state index contributed by atoms with van der Waals surface area (Å²) in [6.45, 7) is 1.63. The van der Waals surface area contributed by atoms with Crippen LogP contribution >= 0.6 is 11.6 Å². The van der Waals surface area contributed by atoms with Crippen LogP contribution in [0.4, 0.5) is 11.5 Å². The van der Waals surface area contributed by atoms with Crippen LogP contribution in [-0.2, 0) is 4.79 Å². The minimum atomic E-state index is -0.630. The zero-order valence-corrected chi connectivity index (χ0v) is 8.61. The fourth-order valence-electron chi connectivity index (χ4n) is 0.888. The highest BCUT2D eigenvalue weighted by atomic mass is 35.5. The van der Waals surface area contributed by atoms with E-state index in [1.54, 1.807) is 6.92 Å². The highest BCUT2D eigenvalue weighted by molar-refractivity contribution is 6.29. The van der Waals surface area contributed by atoms with E-state index >= 15 is 0 Å². The number of pyridine rings is 1. The number of nitro groups is 1. The Morgan fingerprint density at radius 2 is 2.33 bits per heavy atom. The number of hydrogen-bond acceptors (Lipinski definition) is 4. The van der Waals surface area contributed by atoms with Crippen LogP contribution in [-0.4, -0.2) is 15.8 Å². The molecule has 7 heteroatoms. The molecule has 0 saturated carbocycles. The van der Waals surface area contributed by atoms with Crippen molar-refractivity contribution in [1.29, 1.82) is 0 Å². The van der Waals surface area contributed by atoms with Gasteiger partial charge in [0.25, 0.3) is 0 Å². The Balaban J connectivity index is 3.07. The van der Waals surface area contributed by atoms with Gasteiger partial charge in [0, 0.05) is 12.5 Å². The maximum atomic E-state index is 11.1. The summed E-state index contributed by atoms with van der Waals surface area (Å²) in [5.74, 6) is -0.479. The van der Waals surface area contributed by atoms with Gasteiger partial charge in [0.1, 0.15) is 5.15 Å². The van der Waals surface area contributed by atoms with Gasteiger partial charge >= 0.3 is 5.69 Å². The molecule has 1 heterocycles. The van der Waals surface area contributed by atoms with E-state index in [2.05, 4.69) is 10.3 Å². The first-order valence-electron chi connectivity index (χ1n) is 4.15. The molecule has 0 aliphatic heterocycles. The van der Waals surface area contributed by atoms with Crippen LogP contribution in [0, 0.1) is 10.1 Å². The summed E-state index contributed by atoms with van der Waals surface area (Å²) in [7, 11) is 0. The molecule has 1 N–H and O–H groups in total. The number of halogens is 1. The van der Waals surface area contributed by atoms with E-state index in [9.17, 15) is 14.9 Å². The van der Waals surface area contributed by atoms with Gasteiger partial charge in [-0.3, -0.25) is 14.9 Å². The van der Waals surface area contributed by atoms with Crippen molar-refractivity contribution >= 4 is 29.0 Å². The molecule has 0 aliphatic carbocycles. The molecule has 15 heavy (non-hydrogen) atoms. The molecule has 0 atom stereocenters. The lowest BCUT2D eigenvalue weighted by Gasteiger charge is -2.03. The average Bonchev–Trinajstić information content (AvgIpc) is 2.17. The third-order valence-electron chi connectivity index (χ3n) is 1.62. The lowest BCUT2D eigenvalue weighted by molar-refractivity contribution is -0.384. The third kappa shape index (κ3) is 2.88. The number of rotatable bonds is 3. The number of carbonyl (C=O) groups is 1. The van der Waals surface area contributed by atoms with E-state index in [-0.39, 0.29) is 29.0 Å². The first-order chi connectivity index (χ1) is 7.04. The Bertz CT molecular complexity index is 408. The zero-order valence-electron chi connectivity index (χ0n) is 7.86. The van der Waals surface area contributed by atoms with E-state index in [1.165, 1.54) is 12.1 Å². The third-order valence-corrected chi connectivity index (χ3v) is 1.83. The molecule has 0 unspecified atom stereocenters. The number of anilines is 1. The molecule has 1 amide bonds. The number of nitrogens with zero attached hydrogens (tertiary/aromatic N) is 2. The molecule has 0 bridgehead atoms. The molecule has 1 rings (SSSR count). The van der Waals surface area contributed by atoms with Crippen LogP contribution in [0.25, 0.3) is 0 Å². The number of aromatic nitrogens is 1. The van der Waals surface area contributed by atoms with Gasteiger partial charge in [-0.15, -0.1) is 0 Å². The summed E-state index contributed by atoms with van der Waals surface area (Å²) in [6, 6.07) is 2.49. The van der Waals surface area contributed by atoms with Crippen molar-refractivity contribution < 1.29 is 9.72 Å². The molecular formula is C8H8ClN3O3. The van der Waals surface area contributed by atoms with Crippen molar-refractivity contribution in [2.45, 2.75) is 13.3 Å². The second-order valence-electron chi connectivity index (χ2n) is 2.66. The predicted molar refractivity (Wildman–Crippen MR) is 54.8 cm³/mol. The minimum Gasteiger partial charge on any atom is -0.305 e. The summed E-state index contributed by atoms with van der Waals surface area (Å²) in [5.41, 5.74) is -0.277. The van der Waals surface area contributed by atoms with Crippen LogP contribution in [0.2, 0.25) is 5.15 Å². The van der Waals surface area contributed by atoms with Gasteiger partial charge in [0.05, 0.1) is 4.92 Å². The Morgan fingerprint density at radius 1 is 1.67 bits per heavy atom. The SMILES string of the molecule is CCC(=O)Nc1nc(Cl)ccc1[N+](=O)[O-]. The van der Waals surface area contributed by atoms with Crippen LogP contribution in [0.3, 0.4) is 0 Å². The zero-order chi connectivity index (χ0) is 11.4. The topological polar surface area (TPSA) is 85.1 Å². The Morgan fingerprint density at radius 3 is 2.87 bits per heavy atom. The Kier molecular flexibility index (Phi) is 3.56. The van der Waals surface area contributed by atoms with Gasteiger partial charge in [0.2, 0.25) is 11.7 Å². The predicted octanol–water partition coefficient (Wildman–Crippen LogP) is 1.99. The fraction of sp³-hybridized carbons (Fsp3) is 0.250. The molecule has 1 aromatic heterocycles. The van der Waals surface area contributed by atoms with Gasteiger partial charge in [-0.05, 0) is 6.07 Å². The molecule has 0 saturated heterocycles. The quantitative estimate of drug-likeness (QED) is 0.488. The van der Waals surface area contributed by atoms with Gasteiger partial charge in [-0.1, -0.05) is 18.5 Å². The summed E-state index contributed by atoms with van der Waals surface area (Å²) in [4.78, 5) is 24.7. The number of carbonyl (C=O) groups excluding carboxylic acids is 1.